The van der Waals surface area contributed by atoms with Crippen LogP contribution in [0.2, 0.25) is 0 Å². The van der Waals surface area contributed by atoms with Crippen LogP contribution in [0.1, 0.15) is 55.2 Å². The van der Waals surface area contributed by atoms with Crippen molar-refractivity contribution in [2.24, 2.45) is 23.2 Å². The summed E-state index contributed by atoms with van der Waals surface area (Å²) < 4.78 is 4.90. The van der Waals surface area contributed by atoms with Crippen LogP contribution in [-0.2, 0) is 20.7 Å². The smallest absolute Gasteiger partial charge is 0.316 e. The minimum atomic E-state index is -0.539. The van der Waals surface area contributed by atoms with Crippen molar-refractivity contribution in [1.82, 2.24) is 0 Å². The molecule has 24 heavy (non-hydrogen) atoms. The molecule has 128 valence electrons. The van der Waals surface area contributed by atoms with Crippen LogP contribution in [0.25, 0.3) is 0 Å². The Hall–Kier alpha value is -1.64. The molecule has 0 heterocycles. The van der Waals surface area contributed by atoms with Crippen molar-refractivity contribution < 1.29 is 14.3 Å². The number of carbonyl (C=O) groups excluding carboxylic acids is 2. The van der Waals surface area contributed by atoms with E-state index in [9.17, 15) is 9.59 Å². The number of esters is 1. The van der Waals surface area contributed by atoms with Gasteiger partial charge in [0, 0.05) is 5.41 Å². The predicted molar refractivity (Wildman–Crippen MR) is 91.7 cm³/mol. The normalized spacial score (nSPS) is 37.4. The molecule has 2 fully saturated rings. The Balaban J connectivity index is 1.68. The summed E-state index contributed by atoms with van der Waals surface area (Å²) >= 11 is 0. The van der Waals surface area contributed by atoms with Gasteiger partial charge in [-0.1, -0.05) is 30.7 Å². The summed E-state index contributed by atoms with van der Waals surface area (Å²) in [4.78, 5) is 25.0. The minimum absolute atomic E-state index is 0.132. The lowest BCUT2D eigenvalue weighted by Crippen LogP contribution is -2.42. The zero-order valence-corrected chi connectivity index (χ0v) is 14.8. The molecule has 0 saturated heterocycles. The van der Waals surface area contributed by atoms with Crippen molar-refractivity contribution in [2.75, 3.05) is 7.11 Å². The van der Waals surface area contributed by atoms with Gasteiger partial charge in [-0.3, -0.25) is 9.59 Å². The van der Waals surface area contributed by atoms with Crippen LogP contribution in [0, 0.1) is 30.1 Å². The molecule has 0 aliphatic heterocycles. The van der Waals surface area contributed by atoms with Gasteiger partial charge in [-0.05, 0) is 67.9 Å². The fourth-order valence-corrected chi connectivity index (χ4v) is 5.88. The zero-order valence-electron chi connectivity index (χ0n) is 14.8. The van der Waals surface area contributed by atoms with E-state index in [0.717, 1.165) is 25.7 Å². The first-order valence-corrected chi connectivity index (χ1v) is 9.17. The van der Waals surface area contributed by atoms with Crippen molar-refractivity contribution in [2.45, 2.75) is 51.9 Å². The standard InChI is InChI=1S/C21H26O3/c1-12-4-6-14-13(10-12)5-7-16-15(14)8-9-21(2)18(16)11-17(19(21)22)20(23)24-3/h4,6,10,15-18H,5,7-9,11H2,1-3H3/t15?,16?,17-,18?,21+/m1/s1. The Morgan fingerprint density at radius 2 is 2.08 bits per heavy atom. The van der Waals surface area contributed by atoms with Gasteiger partial charge in [0.15, 0.2) is 5.78 Å². The summed E-state index contributed by atoms with van der Waals surface area (Å²) in [7, 11) is 1.39. The van der Waals surface area contributed by atoms with Crippen LogP contribution < -0.4 is 0 Å². The molecule has 5 atom stereocenters. The summed E-state index contributed by atoms with van der Waals surface area (Å²) in [6.45, 7) is 4.25. The monoisotopic (exact) mass is 326 g/mol. The number of fused-ring (bicyclic) bond motifs is 5. The average molecular weight is 326 g/mol. The number of ether oxygens (including phenoxy) is 1. The maximum atomic E-state index is 12.9. The molecule has 3 nitrogen and oxygen atoms in total. The van der Waals surface area contributed by atoms with Gasteiger partial charge in [0.1, 0.15) is 5.92 Å². The fraction of sp³-hybridized carbons (Fsp3) is 0.619. The number of rotatable bonds is 1. The second-order valence-electron chi connectivity index (χ2n) is 8.25. The van der Waals surface area contributed by atoms with E-state index < -0.39 is 5.92 Å². The van der Waals surface area contributed by atoms with Crippen LogP contribution in [0.5, 0.6) is 0 Å². The molecule has 1 aromatic carbocycles. The van der Waals surface area contributed by atoms with Crippen molar-refractivity contribution in [3.05, 3.63) is 34.9 Å². The molecular weight excluding hydrogens is 300 g/mol. The number of hydrogen-bond donors (Lipinski definition) is 0. The third-order valence-electron chi connectivity index (χ3n) is 7.13. The number of methoxy groups -OCH3 is 1. The molecule has 0 amide bonds. The molecule has 3 unspecified atom stereocenters. The van der Waals surface area contributed by atoms with E-state index in [-0.39, 0.29) is 17.2 Å². The number of hydrogen-bond acceptors (Lipinski definition) is 3. The number of ketones is 1. The molecule has 4 rings (SSSR count). The first-order valence-electron chi connectivity index (χ1n) is 9.17. The Labute approximate surface area is 143 Å². The molecule has 3 aliphatic rings. The minimum Gasteiger partial charge on any atom is -0.468 e. The highest BCUT2D eigenvalue weighted by Gasteiger charge is 2.59. The van der Waals surface area contributed by atoms with Gasteiger partial charge in [0.05, 0.1) is 7.11 Å². The molecule has 0 bridgehead atoms. The Morgan fingerprint density at radius 1 is 1.29 bits per heavy atom. The summed E-state index contributed by atoms with van der Waals surface area (Å²) in [5, 5.41) is 0. The van der Waals surface area contributed by atoms with E-state index in [4.69, 9.17) is 4.74 Å². The van der Waals surface area contributed by atoms with Crippen LogP contribution in [0.4, 0.5) is 0 Å². The van der Waals surface area contributed by atoms with Crippen LogP contribution in [0.3, 0.4) is 0 Å². The van der Waals surface area contributed by atoms with E-state index in [1.807, 2.05) is 0 Å². The third-order valence-corrected chi connectivity index (χ3v) is 7.13. The van der Waals surface area contributed by atoms with Crippen LogP contribution in [0.15, 0.2) is 18.2 Å². The van der Waals surface area contributed by atoms with Gasteiger partial charge in [-0.25, -0.2) is 0 Å². The second-order valence-corrected chi connectivity index (χ2v) is 8.25. The summed E-state index contributed by atoms with van der Waals surface area (Å²) in [6.07, 6.45) is 4.89. The molecule has 0 radical (unpaired) electrons. The van der Waals surface area contributed by atoms with E-state index >= 15 is 0 Å². The fourth-order valence-electron chi connectivity index (χ4n) is 5.88. The van der Waals surface area contributed by atoms with Crippen molar-refractivity contribution >= 4 is 11.8 Å². The quantitative estimate of drug-likeness (QED) is 0.582. The molecule has 0 spiro atoms. The van der Waals surface area contributed by atoms with E-state index in [0.29, 0.717) is 24.2 Å². The molecular formula is C21H26O3. The highest BCUT2D eigenvalue weighted by Crippen LogP contribution is 2.60. The maximum absolute atomic E-state index is 12.9. The van der Waals surface area contributed by atoms with E-state index in [1.165, 1.54) is 23.8 Å². The van der Waals surface area contributed by atoms with Crippen molar-refractivity contribution in [3.8, 4) is 0 Å². The van der Waals surface area contributed by atoms with Gasteiger partial charge in [0.25, 0.3) is 0 Å². The first kappa shape index (κ1) is 15.9. The lowest BCUT2D eigenvalue weighted by Gasteiger charge is -2.48. The predicted octanol–water partition coefficient (Wildman–Crippen LogP) is 3.82. The van der Waals surface area contributed by atoms with Gasteiger partial charge in [0.2, 0.25) is 0 Å². The molecule has 0 N–H and O–H groups in total. The van der Waals surface area contributed by atoms with E-state index in [2.05, 4.69) is 32.0 Å². The van der Waals surface area contributed by atoms with Gasteiger partial charge in [-0.15, -0.1) is 0 Å². The van der Waals surface area contributed by atoms with Crippen molar-refractivity contribution in [3.63, 3.8) is 0 Å². The van der Waals surface area contributed by atoms with E-state index in [1.54, 1.807) is 0 Å². The van der Waals surface area contributed by atoms with Crippen LogP contribution >= 0.6 is 0 Å². The Morgan fingerprint density at radius 3 is 2.83 bits per heavy atom. The Bertz CT molecular complexity index is 707. The topological polar surface area (TPSA) is 43.4 Å². The molecule has 3 aliphatic carbocycles. The maximum Gasteiger partial charge on any atom is 0.316 e. The Kier molecular flexibility index (Phi) is 3.59. The number of Topliss-reactive ketones (excluding diaryl/α,β-unsaturated/α-hetero) is 1. The highest BCUT2D eigenvalue weighted by atomic mass is 16.5. The van der Waals surface area contributed by atoms with Gasteiger partial charge in [-0.2, -0.15) is 0 Å². The van der Waals surface area contributed by atoms with Crippen molar-refractivity contribution in [1.29, 1.82) is 0 Å². The summed E-state index contributed by atoms with van der Waals surface area (Å²) in [5.74, 6) is 0.658. The largest absolute Gasteiger partial charge is 0.468 e. The number of aryl methyl sites for hydroxylation is 2. The zero-order chi connectivity index (χ0) is 17.1. The lowest BCUT2D eigenvalue weighted by molar-refractivity contribution is -0.149. The molecule has 2 saturated carbocycles. The highest BCUT2D eigenvalue weighted by molar-refractivity contribution is 6.03. The molecule has 1 aromatic rings. The first-order chi connectivity index (χ1) is 11.5. The molecule has 0 aromatic heterocycles. The van der Waals surface area contributed by atoms with Crippen LogP contribution in [-0.4, -0.2) is 18.9 Å². The number of carbonyl (C=O) groups is 2. The lowest BCUT2D eigenvalue weighted by atomic mass is 9.55. The number of benzene rings is 1. The molecule has 3 heteroatoms. The second kappa shape index (κ2) is 5.44. The average Bonchev–Trinajstić information content (AvgIpc) is 2.85. The summed E-state index contributed by atoms with van der Waals surface area (Å²) in [6, 6.07) is 6.85. The summed E-state index contributed by atoms with van der Waals surface area (Å²) in [5.41, 5.74) is 3.98. The van der Waals surface area contributed by atoms with Gasteiger partial charge < -0.3 is 4.74 Å². The SMILES string of the molecule is COC(=O)[C@@H]1CC2C3CCc4cc(C)ccc4C3CC[C@]2(C)C1=O. The van der Waals surface area contributed by atoms with Gasteiger partial charge >= 0.3 is 5.97 Å². The third kappa shape index (κ3) is 2.09.